The van der Waals surface area contributed by atoms with E-state index in [9.17, 15) is 0 Å². The van der Waals surface area contributed by atoms with Gasteiger partial charge in [-0.25, -0.2) is 0 Å². The standard InChI is InChI=1S/C14H22N2/c1-11(2)12-5-3-6-13(9-12)16-10-14-7-4-8-15-14/h3,5-6,9,11,14-16H,4,7-8,10H2,1-2H3. The predicted octanol–water partition coefficient (Wildman–Crippen LogP) is 2.97. The molecule has 2 N–H and O–H groups in total. The third-order valence-corrected chi connectivity index (χ3v) is 3.27. The molecule has 1 aromatic rings. The molecule has 1 heterocycles. The van der Waals surface area contributed by atoms with Gasteiger partial charge in [-0.3, -0.25) is 0 Å². The molecule has 0 spiro atoms. The van der Waals surface area contributed by atoms with Crippen LogP contribution in [0.4, 0.5) is 5.69 Å². The second-order valence-electron chi connectivity index (χ2n) is 4.95. The Morgan fingerprint density at radius 2 is 2.31 bits per heavy atom. The van der Waals surface area contributed by atoms with Crippen molar-refractivity contribution >= 4 is 5.69 Å². The van der Waals surface area contributed by atoms with E-state index in [-0.39, 0.29) is 0 Å². The molecule has 1 aromatic carbocycles. The van der Waals surface area contributed by atoms with E-state index in [0.29, 0.717) is 12.0 Å². The van der Waals surface area contributed by atoms with Gasteiger partial charge in [0.15, 0.2) is 0 Å². The maximum atomic E-state index is 3.52. The van der Waals surface area contributed by atoms with Gasteiger partial charge in [0.25, 0.3) is 0 Å². The molecule has 2 nitrogen and oxygen atoms in total. The molecule has 1 unspecified atom stereocenters. The van der Waals surface area contributed by atoms with Crippen molar-refractivity contribution in [1.29, 1.82) is 0 Å². The average Bonchev–Trinajstić information content (AvgIpc) is 2.79. The van der Waals surface area contributed by atoms with Crippen molar-refractivity contribution in [3.8, 4) is 0 Å². The number of rotatable bonds is 4. The Morgan fingerprint density at radius 1 is 1.44 bits per heavy atom. The first kappa shape index (κ1) is 11.5. The summed E-state index contributed by atoms with van der Waals surface area (Å²) in [7, 11) is 0. The largest absolute Gasteiger partial charge is 0.383 e. The Balaban J connectivity index is 1.90. The molecule has 2 rings (SSSR count). The van der Waals surface area contributed by atoms with Crippen LogP contribution in [0.2, 0.25) is 0 Å². The summed E-state index contributed by atoms with van der Waals surface area (Å²) in [4.78, 5) is 0. The van der Waals surface area contributed by atoms with Crippen molar-refractivity contribution in [3.63, 3.8) is 0 Å². The molecule has 0 aromatic heterocycles. The van der Waals surface area contributed by atoms with Crippen LogP contribution in [0.25, 0.3) is 0 Å². The van der Waals surface area contributed by atoms with Crippen LogP contribution in [-0.2, 0) is 0 Å². The average molecular weight is 218 g/mol. The molecule has 2 heteroatoms. The highest BCUT2D eigenvalue weighted by Gasteiger charge is 2.13. The summed E-state index contributed by atoms with van der Waals surface area (Å²) in [6.07, 6.45) is 2.62. The van der Waals surface area contributed by atoms with Crippen molar-refractivity contribution in [2.45, 2.75) is 38.6 Å². The van der Waals surface area contributed by atoms with E-state index in [4.69, 9.17) is 0 Å². The van der Waals surface area contributed by atoms with Crippen LogP contribution >= 0.6 is 0 Å². The first-order chi connectivity index (χ1) is 7.75. The Morgan fingerprint density at radius 3 is 3.00 bits per heavy atom. The molecule has 1 atom stereocenters. The van der Waals surface area contributed by atoms with Gasteiger partial charge in [0.05, 0.1) is 0 Å². The minimum atomic E-state index is 0.603. The van der Waals surface area contributed by atoms with Gasteiger partial charge in [0, 0.05) is 18.3 Å². The van der Waals surface area contributed by atoms with Gasteiger partial charge in [0.1, 0.15) is 0 Å². The van der Waals surface area contributed by atoms with Gasteiger partial charge >= 0.3 is 0 Å². The monoisotopic (exact) mass is 218 g/mol. The van der Waals surface area contributed by atoms with Crippen molar-refractivity contribution in [3.05, 3.63) is 29.8 Å². The Kier molecular flexibility index (Phi) is 3.83. The van der Waals surface area contributed by atoms with Crippen molar-refractivity contribution in [1.82, 2.24) is 5.32 Å². The van der Waals surface area contributed by atoms with Crippen LogP contribution in [0, 0.1) is 0 Å². The Hall–Kier alpha value is -1.02. The lowest BCUT2D eigenvalue weighted by atomic mass is 10.0. The molecular weight excluding hydrogens is 196 g/mol. The molecular formula is C14H22N2. The highest BCUT2D eigenvalue weighted by molar-refractivity contribution is 5.46. The molecule has 1 fully saturated rings. The number of hydrogen-bond acceptors (Lipinski definition) is 2. The lowest BCUT2D eigenvalue weighted by Crippen LogP contribution is -2.29. The summed E-state index contributed by atoms with van der Waals surface area (Å²) >= 11 is 0. The van der Waals surface area contributed by atoms with Gasteiger partial charge in [-0.1, -0.05) is 26.0 Å². The first-order valence-electron chi connectivity index (χ1n) is 6.33. The molecule has 1 aliphatic rings. The Labute approximate surface area is 98.4 Å². The Bertz CT molecular complexity index is 327. The van der Waals surface area contributed by atoms with Crippen LogP contribution in [0.15, 0.2) is 24.3 Å². The van der Waals surface area contributed by atoms with E-state index in [1.165, 1.54) is 30.6 Å². The fourth-order valence-electron chi connectivity index (χ4n) is 2.18. The van der Waals surface area contributed by atoms with Gasteiger partial charge in [0.2, 0.25) is 0 Å². The predicted molar refractivity (Wildman–Crippen MR) is 70.0 cm³/mol. The van der Waals surface area contributed by atoms with E-state index in [0.717, 1.165) is 6.54 Å². The summed E-state index contributed by atoms with van der Waals surface area (Å²) < 4.78 is 0. The maximum absolute atomic E-state index is 3.52. The molecule has 1 aliphatic heterocycles. The van der Waals surface area contributed by atoms with E-state index in [1.54, 1.807) is 0 Å². The van der Waals surface area contributed by atoms with E-state index in [1.807, 2.05) is 0 Å². The zero-order valence-corrected chi connectivity index (χ0v) is 10.3. The normalized spacial score (nSPS) is 20.3. The summed E-state index contributed by atoms with van der Waals surface area (Å²) in [6.45, 7) is 6.69. The summed E-state index contributed by atoms with van der Waals surface area (Å²) in [5.41, 5.74) is 2.66. The molecule has 16 heavy (non-hydrogen) atoms. The highest BCUT2D eigenvalue weighted by Crippen LogP contribution is 2.18. The molecule has 0 aliphatic carbocycles. The molecule has 1 saturated heterocycles. The quantitative estimate of drug-likeness (QED) is 0.812. The van der Waals surface area contributed by atoms with Crippen molar-refractivity contribution in [2.24, 2.45) is 0 Å². The van der Waals surface area contributed by atoms with Crippen molar-refractivity contribution < 1.29 is 0 Å². The van der Waals surface area contributed by atoms with Crippen LogP contribution in [-0.4, -0.2) is 19.1 Å². The van der Waals surface area contributed by atoms with Crippen LogP contribution in [0.3, 0.4) is 0 Å². The number of hydrogen-bond donors (Lipinski definition) is 2. The lowest BCUT2D eigenvalue weighted by Gasteiger charge is -2.14. The summed E-state index contributed by atoms with van der Waals surface area (Å²) in [5, 5.41) is 7.02. The number of anilines is 1. The minimum Gasteiger partial charge on any atom is -0.383 e. The zero-order chi connectivity index (χ0) is 11.4. The second-order valence-corrected chi connectivity index (χ2v) is 4.95. The fraction of sp³-hybridized carbons (Fsp3) is 0.571. The molecule has 0 amide bonds. The SMILES string of the molecule is CC(C)c1cccc(NCC2CCCN2)c1. The zero-order valence-electron chi connectivity index (χ0n) is 10.3. The van der Waals surface area contributed by atoms with Gasteiger partial charge < -0.3 is 10.6 Å². The third kappa shape index (κ3) is 2.99. The number of benzene rings is 1. The van der Waals surface area contributed by atoms with Crippen LogP contribution < -0.4 is 10.6 Å². The smallest absolute Gasteiger partial charge is 0.0343 e. The van der Waals surface area contributed by atoms with E-state index >= 15 is 0 Å². The van der Waals surface area contributed by atoms with Crippen molar-refractivity contribution in [2.75, 3.05) is 18.4 Å². The van der Waals surface area contributed by atoms with Gasteiger partial charge in [-0.05, 0) is 43.0 Å². The summed E-state index contributed by atoms with van der Waals surface area (Å²) in [5.74, 6) is 0.603. The fourth-order valence-corrected chi connectivity index (χ4v) is 2.18. The topological polar surface area (TPSA) is 24.1 Å². The van der Waals surface area contributed by atoms with Gasteiger partial charge in [-0.15, -0.1) is 0 Å². The number of nitrogens with one attached hydrogen (secondary N) is 2. The highest BCUT2D eigenvalue weighted by atomic mass is 15.0. The first-order valence-corrected chi connectivity index (χ1v) is 6.33. The van der Waals surface area contributed by atoms with Crippen LogP contribution in [0.1, 0.15) is 38.2 Å². The molecule has 88 valence electrons. The van der Waals surface area contributed by atoms with E-state index < -0.39 is 0 Å². The maximum Gasteiger partial charge on any atom is 0.0343 e. The summed E-state index contributed by atoms with van der Waals surface area (Å²) in [6, 6.07) is 9.41. The third-order valence-electron chi connectivity index (χ3n) is 3.27. The van der Waals surface area contributed by atoms with Crippen LogP contribution in [0.5, 0.6) is 0 Å². The van der Waals surface area contributed by atoms with E-state index in [2.05, 4.69) is 48.7 Å². The van der Waals surface area contributed by atoms with Gasteiger partial charge in [-0.2, -0.15) is 0 Å². The minimum absolute atomic E-state index is 0.603. The molecule has 0 radical (unpaired) electrons. The second kappa shape index (κ2) is 5.35. The molecule has 0 saturated carbocycles. The molecule has 0 bridgehead atoms. The lowest BCUT2D eigenvalue weighted by molar-refractivity contribution is 0.633.